The van der Waals surface area contributed by atoms with Crippen LogP contribution in [-0.4, -0.2) is 19.2 Å². The molecule has 1 aromatic heterocycles. The van der Waals surface area contributed by atoms with Crippen molar-refractivity contribution in [3.05, 3.63) is 39.2 Å². The Morgan fingerprint density at radius 3 is 2.54 bits per heavy atom. The third-order valence-corrected chi connectivity index (χ3v) is 4.77. The van der Waals surface area contributed by atoms with E-state index >= 15 is 0 Å². The van der Waals surface area contributed by atoms with Gasteiger partial charge in [-0.1, -0.05) is 26.2 Å². The number of carbonyl (C=O) groups excluding carboxylic acids is 1. The Bertz CT molecular complexity index is 834. The summed E-state index contributed by atoms with van der Waals surface area (Å²) in [7, 11) is 1.32. The zero-order chi connectivity index (χ0) is 19.3. The first-order chi connectivity index (χ1) is 12.4. The molecule has 1 unspecified atom stereocenters. The van der Waals surface area contributed by atoms with E-state index in [0.717, 1.165) is 42.2 Å². The largest absolute Gasteiger partial charge is 0.479 e. The average Bonchev–Trinajstić information content (AvgIpc) is 2.63. The molecule has 0 bridgehead atoms. The van der Waals surface area contributed by atoms with Crippen LogP contribution in [0.5, 0.6) is 5.75 Å². The molecule has 0 fully saturated rings. The zero-order valence-electron chi connectivity index (χ0n) is 16.3. The van der Waals surface area contributed by atoms with E-state index in [4.69, 9.17) is 9.15 Å². The maximum Gasteiger partial charge on any atom is 0.346 e. The Labute approximate surface area is 154 Å². The number of fused-ring (bicyclic) bond motifs is 1. The minimum Gasteiger partial charge on any atom is -0.479 e. The van der Waals surface area contributed by atoms with Crippen LogP contribution < -0.4 is 10.4 Å². The van der Waals surface area contributed by atoms with E-state index in [1.54, 1.807) is 6.92 Å². The molecule has 0 saturated carbocycles. The maximum absolute atomic E-state index is 12.5. The summed E-state index contributed by atoms with van der Waals surface area (Å²) in [5.74, 6) is 0.0539. The van der Waals surface area contributed by atoms with Gasteiger partial charge >= 0.3 is 11.6 Å². The maximum atomic E-state index is 12.5. The Morgan fingerprint density at radius 2 is 1.88 bits per heavy atom. The van der Waals surface area contributed by atoms with Crippen LogP contribution in [0.25, 0.3) is 11.0 Å². The predicted octanol–water partition coefficient (Wildman–Crippen LogP) is 4.47. The molecular weight excluding hydrogens is 332 g/mol. The van der Waals surface area contributed by atoms with E-state index in [2.05, 4.69) is 11.7 Å². The molecule has 1 heterocycles. The van der Waals surface area contributed by atoms with Gasteiger partial charge in [0, 0.05) is 16.5 Å². The lowest BCUT2D eigenvalue weighted by atomic mass is 9.99. The number of rotatable bonds is 8. The molecule has 1 atom stereocenters. The Balaban J connectivity index is 2.36. The second-order valence-electron chi connectivity index (χ2n) is 6.65. The van der Waals surface area contributed by atoms with Crippen molar-refractivity contribution in [2.75, 3.05) is 7.11 Å². The summed E-state index contributed by atoms with van der Waals surface area (Å²) in [6.45, 7) is 7.58. The van der Waals surface area contributed by atoms with E-state index in [0.29, 0.717) is 16.9 Å². The van der Waals surface area contributed by atoms with Crippen molar-refractivity contribution in [3.8, 4) is 5.75 Å². The highest BCUT2D eigenvalue weighted by atomic mass is 16.6. The molecule has 5 heteroatoms. The van der Waals surface area contributed by atoms with Crippen molar-refractivity contribution in [1.29, 1.82) is 0 Å². The molecular formula is C21H28O5. The summed E-state index contributed by atoms with van der Waals surface area (Å²) in [6.07, 6.45) is 4.45. The van der Waals surface area contributed by atoms with E-state index < -0.39 is 12.1 Å². The zero-order valence-corrected chi connectivity index (χ0v) is 16.3. The molecule has 2 aromatic rings. The van der Waals surface area contributed by atoms with Gasteiger partial charge in [-0.2, -0.15) is 0 Å². The van der Waals surface area contributed by atoms with Crippen molar-refractivity contribution in [1.82, 2.24) is 0 Å². The lowest BCUT2D eigenvalue weighted by molar-refractivity contribution is -0.147. The van der Waals surface area contributed by atoms with Crippen LogP contribution in [0.1, 0.15) is 56.2 Å². The topological polar surface area (TPSA) is 65.7 Å². The minimum absolute atomic E-state index is 0.284. The Morgan fingerprint density at radius 1 is 1.15 bits per heavy atom. The van der Waals surface area contributed by atoms with Crippen molar-refractivity contribution in [2.45, 2.75) is 65.9 Å². The standard InChI is InChI=1S/C21H28O5/c1-6-7-8-9-10-17-13(2)16-11-12-18(25-15(4)20(22)24-5)14(3)19(16)26-21(17)23/h11-12,15H,6-10H2,1-5H3. The van der Waals surface area contributed by atoms with Crippen LogP contribution in [0.2, 0.25) is 0 Å². The first-order valence-electron chi connectivity index (χ1n) is 9.21. The van der Waals surface area contributed by atoms with Gasteiger partial charge in [0.05, 0.1) is 7.11 Å². The number of benzene rings is 1. The van der Waals surface area contributed by atoms with Crippen LogP contribution in [0, 0.1) is 13.8 Å². The van der Waals surface area contributed by atoms with Crippen LogP contribution in [0.4, 0.5) is 0 Å². The van der Waals surface area contributed by atoms with Gasteiger partial charge < -0.3 is 13.9 Å². The second kappa shape index (κ2) is 8.88. The van der Waals surface area contributed by atoms with E-state index in [-0.39, 0.29) is 5.63 Å². The second-order valence-corrected chi connectivity index (χ2v) is 6.65. The minimum atomic E-state index is -0.734. The number of esters is 1. The van der Waals surface area contributed by atoms with E-state index in [1.165, 1.54) is 13.5 Å². The molecule has 0 spiro atoms. The monoisotopic (exact) mass is 360 g/mol. The van der Waals surface area contributed by atoms with Crippen molar-refractivity contribution in [3.63, 3.8) is 0 Å². The molecule has 0 aliphatic rings. The number of ether oxygens (including phenoxy) is 2. The van der Waals surface area contributed by atoms with Gasteiger partial charge in [0.25, 0.3) is 0 Å². The summed E-state index contributed by atoms with van der Waals surface area (Å²) in [6, 6.07) is 3.69. The van der Waals surface area contributed by atoms with Crippen LogP contribution in [0.15, 0.2) is 21.3 Å². The molecule has 1 aromatic carbocycles. The van der Waals surface area contributed by atoms with Crippen LogP contribution in [-0.2, 0) is 16.0 Å². The molecule has 142 valence electrons. The summed E-state index contributed by atoms with van der Waals surface area (Å²) in [5, 5.41) is 0.908. The third-order valence-electron chi connectivity index (χ3n) is 4.77. The fourth-order valence-corrected chi connectivity index (χ4v) is 3.12. The van der Waals surface area contributed by atoms with Crippen molar-refractivity contribution < 1.29 is 18.7 Å². The molecule has 0 N–H and O–H groups in total. The number of unbranched alkanes of at least 4 members (excludes halogenated alkanes) is 3. The van der Waals surface area contributed by atoms with Crippen LogP contribution in [0.3, 0.4) is 0 Å². The van der Waals surface area contributed by atoms with Crippen molar-refractivity contribution in [2.24, 2.45) is 0 Å². The fourth-order valence-electron chi connectivity index (χ4n) is 3.12. The van der Waals surface area contributed by atoms with Gasteiger partial charge in [0.2, 0.25) is 0 Å². The van der Waals surface area contributed by atoms with Gasteiger partial charge in [-0.25, -0.2) is 9.59 Å². The third kappa shape index (κ3) is 4.26. The number of hydrogen-bond acceptors (Lipinski definition) is 5. The molecule has 26 heavy (non-hydrogen) atoms. The number of hydrogen-bond donors (Lipinski definition) is 0. The average molecular weight is 360 g/mol. The number of carbonyl (C=O) groups is 1. The quantitative estimate of drug-likeness (QED) is 0.395. The Kier molecular flexibility index (Phi) is 6.83. The molecule has 0 aliphatic carbocycles. The van der Waals surface area contributed by atoms with E-state index in [1.807, 2.05) is 26.0 Å². The van der Waals surface area contributed by atoms with Gasteiger partial charge in [0.15, 0.2) is 6.10 Å². The highest BCUT2D eigenvalue weighted by Gasteiger charge is 2.19. The molecule has 0 saturated heterocycles. The highest BCUT2D eigenvalue weighted by Crippen LogP contribution is 2.30. The molecule has 2 rings (SSSR count). The van der Waals surface area contributed by atoms with Gasteiger partial charge in [-0.15, -0.1) is 0 Å². The van der Waals surface area contributed by atoms with Gasteiger partial charge in [-0.05, 0) is 51.3 Å². The molecule has 0 radical (unpaired) electrons. The normalized spacial score (nSPS) is 12.2. The molecule has 0 amide bonds. The highest BCUT2D eigenvalue weighted by molar-refractivity contribution is 5.85. The summed E-state index contributed by atoms with van der Waals surface area (Å²) < 4.78 is 16.0. The Hall–Kier alpha value is -2.30. The first kappa shape index (κ1) is 20.0. The molecule has 5 nitrogen and oxygen atoms in total. The predicted molar refractivity (Wildman–Crippen MR) is 102 cm³/mol. The lowest BCUT2D eigenvalue weighted by Crippen LogP contribution is -2.25. The smallest absolute Gasteiger partial charge is 0.346 e. The number of aryl methyl sites for hydroxylation is 2. The summed E-state index contributed by atoms with van der Waals surface area (Å²) >= 11 is 0. The fraction of sp³-hybridized carbons (Fsp3) is 0.524. The van der Waals surface area contributed by atoms with E-state index in [9.17, 15) is 9.59 Å². The summed E-state index contributed by atoms with van der Waals surface area (Å²) in [4.78, 5) is 24.0. The number of methoxy groups -OCH3 is 1. The summed E-state index contributed by atoms with van der Waals surface area (Å²) in [5.41, 5.74) is 2.65. The van der Waals surface area contributed by atoms with Gasteiger partial charge in [0.1, 0.15) is 11.3 Å². The lowest BCUT2D eigenvalue weighted by Gasteiger charge is -2.16. The first-order valence-corrected chi connectivity index (χ1v) is 9.21. The van der Waals surface area contributed by atoms with Crippen LogP contribution >= 0.6 is 0 Å². The molecule has 0 aliphatic heterocycles. The van der Waals surface area contributed by atoms with Gasteiger partial charge in [-0.3, -0.25) is 0 Å². The SMILES string of the molecule is CCCCCCc1c(C)c2ccc(OC(C)C(=O)OC)c(C)c2oc1=O. The van der Waals surface area contributed by atoms with Crippen molar-refractivity contribution >= 4 is 16.9 Å².